The summed E-state index contributed by atoms with van der Waals surface area (Å²) >= 11 is 0. The number of aryl methyl sites for hydroxylation is 2. The Bertz CT molecular complexity index is 1130. The van der Waals surface area contributed by atoms with Crippen molar-refractivity contribution in [2.75, 3.05) is 6.61 Å². The quantitative estimate of drug-likeness (QED) is 0.341. The molecule has 2 aromatic rings. The molecule has 0 aromatic heterocycles. The summed E-state index contributed by atoms with van der Waals surface area (Å²) in [6, 6.07) is 12.7. The van der Waals surface area contributed by atoms with Crippen LogP contribution in [0.2, 0.25) is 0 Å². The van der Waals surface area contributed by atoms with Gasteiger partial charge in [0.15, 0.2) is 0 Å². The van der Waals surface area contributed by atoms with Crippen molar-refractivity contribution < 1.29 is 24.9 Å². The molecule has 3 rings (SSSR count). The molecule has 0 radical (unpaired) electrons. The van der Waals surface area contributed by atoms with Gasteiger partial charge in [0.25, 0.3) is 0 Å². The first-order chi connectivity index (χ1) is 17.6. The molecule has 0 bridgehead atoms. The summed E-state index contributed by atoms with van der Waals surface area (Å²) < 4.78 is 5.81. The topological polar surface area (TPSA) is 87.0 Å². The zero-order valence-corrected chi connectivity index (χ0v) is 22.8. The first-order valence-electron chi connectivity index (χ1n) is 13.6. The van der Waals surface area contributed by atoms with Gasteiger partial charge in [0, 0.05) is 17.4 Å². The number of aliphatic hydroxyl groups excluding tert-OH is 1. The van der Waals surface area contributed by atoms with E-state index in [1.54, 1.807) is 0 Å². The Hall–Kier alpha value is -2.81. The van der Waals surface area contributed by atoms with E-state index in [0.29, 0.717) is 5.75 Å². The highest BCUT2D eigenvalue weighted by Gasteiger charge is 2.32. The van der Waals surface area contributed by atoms with Crippen molar-refractivity contribution in [3.63, 3.8) is 0 Å². The summed E-state index contributed by atoms with van der Waals surface area (Å²) in [6.07, 6.45) is 5.89. The second-order valence-electron chi connectivity index (χ2n) is 10.5. The predicted molar refractivity (Wildman–Crippen MR) is 147 cm³/mol. The molecule has 5 nitrogen and oxygen atoms in total. The van der Waals surface area contributed by atoms with Gasteiger partial charge in [0.1, 0.15) is 18.0 Å². The van der Waals surface area contributed by atoms with Crippen LogP contribution in [0.4, 0.5) is 0 Å². The number of carboxylic acids is 1. The van der Waals surface area contributed by atoms with Gasteiger partial charge in [0.2, 0.25) is 0 Å². The third-order valence-corrected chi connectivity index (χ3v) is 7.95. The zero-order valence-electron chi connectivity index (χ0n) is 22.8. The lowest BCUT2D eigenvalue weighted by Gasteiger charge is -2.34. The molecule has 0 saturated heterocycles. The SMILES string of the molecule is CCC(CC)(c1ccc(C#CC2(O)CCCCC2)c(C)c1)c1ccc(OC[C@@H](O)CCC(=O)O)c(C)c1. The lowest BCUT2D eigenvalue weighted by molar-refractivity contribution is -0.137. The van der Waals surface area contributed by atoms with Gasteiger partial charge in [-0.05, 0) is 93.2 Å². The van der Waals surface area contributed by atoms with Crippen LogP contribution in [0.5, 0.6) is 5.75 Å². The molecule has 1 aliphatic rings. The van der Waals surface area contributed by atoms with Crippen LogP contribution in [0.3, 0.4) is 0 Å². The van der Waals surface area contributed by atoms with Crippen molar-refractivity contribution >= 4 is 5.97 Å². The summed E-state index contributed by atoms with van der Waals surface area (Å²) in [6.45, 7) is 8.58. The van der Waals surface area contributed by atoms with E-state index in [9.17, 15) is 15.0 Å². The molecule has 2 aromatic carbocycles. The van der Waals surface area contributed by atoms with Crippen LogP contribution in [0.25, 0.3) is 0 Å². The Kier molecular flexibility index (Phi) is 9.81. The lowest BCUT2D eigenvalue weighted by Crippen LogP contribution is -2.29. The average molecular weight is 507 g/mol. The first-order valence-corrected chi connectivity index (χ1v) is 13.6. The number of carbonyl (C=O) groups is 1. The number of benzene rings is 2. The molecule has 0 amide bonds. The Morgan fingerprint density at radius 1 is 1.03 bits per heavy atom. The molecule has 37 heavy (non-hydrogen) atoms. The molecule has 1 fully saturated rings. The number of ether oxygens (including phenoxy) is 1. The molecule has 1 atom stereocenters. The van der Waals surface area contributed by atoms with Crippen LogP contribution in [0.1, 0.15) is 99.5 Å². The smallest absolute Gasteiger partial charge is 0.303 e. The van der Waals surface area contributed by atoms with Gasteiger partial charge in [-0.15, -0.1) is 0 Å². The van der Waals surface area contributed by atoms with E-state index >= 15 is 0 Å². The second kappa shape index (κ2) is 12.6. The normalized spacial score (nSPS) is 15.9. The molecule has 0 spiro atoms. The van der Waals surface area contributed by atoms with Crippen molar-refractivity contribution in [3.05, 3.63) is 64.2 Å². The lowest BCUT2D eigenvalue weighted by atomic mass is 9.70. The van der Waals surface area contributed by atoms with Gasteiger partial charge < -0.3 is 20.1 Å². The minimum Gasteiger partial charge on any atom is -0.491 e. The Morgan fingerprint density at radius 2 is 1.65 bits per heavy atom. The Labute approximate surface area is 221 Å². The monoisotopic (exact) mass is 506 g/mol. The number of hydrogen-bond donors (Lipinski definition) is 3. The van der Waals surface area contributed by atoms with Gasteiger partial charge >= 0.3 is 5.97 Å². The van der Waals surface area contributed by atoms with E-state index in [1.807, 2.05) is 13.0 Å². The number of aliphatic hydroxyl groups is 2. The van der Waals surface area contributed by atoms with Crippen LogP contribution in [-0.4, -0.2) is 39.6 Å². The van der Waals surface area contributed by atoms with Crippen molar-refractivity contribution in [2.24, 2.45) is 0 Å². The van der Waals surface area contributed by atoms with E-state index < -0.39 is 17.7 Å². The molecule has 0 unspecified atom stereocenters. The number of carboxylic acid groups (broad SMARTS) is 1. The van der Waals surface area contributed by atoms with Crippen LogP contribution in [0, 0.1) is 25.7 Å². The van der Waals surface area contributed by atoms with Gasteiger partial charge in [-0.2, -0.15) is 0 Å². The predicted octanol–water partition coefficient (Wildman–Crippen LogP) is 6.06. The molecule has 1 aliphatic carbocycles. The van der Waals surface area contributed by atoms with E-state index in [1.165, 1.54) is 17.5 Å². The van der Waals surface area contributed by atoms with E-state index in [4.69, 9.17) is 9.84 Å². The molecular weight excluding hydrogens is 464 g/mol. The molecule has 0 heterocycles. The fraction of sp³-hybridized carbons (Fsp3) is 0.531. The van der Waals surface area contributed by atoms with Gasteiger partial charge in [0.05, 0.1) is 6.10 Å². The Balaban J connectivity index is 1.82. The first kappa shape index (κ1) is 28.8. The van der Waals surface area contributed by atoms with Crippen LogP contribution in [0.15, 0.2) is 36.4 Å². The highest BCUT2D eigenvalue weighted by molar-refractivity contribution is 5.66. The van der Waals surface area contributed by atoms with Crippen molar-refractivity contribution in [1.82, 2.24) is 0 Å². The fourth-order valence-corrected chi connectivity index (χ4v) is 5.45. The number of rotatable bonds is 10. The van der Waals surface area contributed by atoms with Crippen LogP contribution in [-0.2, 0) is 10.2 Å². The standard InChI is InChI=1S/C32H42O5/c1-5-32(6-2,27-12-14-29(24(4)21-27)37-22-28(33)13-15-30(34)35)26-11-10-25(23(3)20-26)16-19-31(36)17-8-7-9-18-31/h10-12,14,20-21,28,33,36H,5-9,13,15,17-18,22H2,1-4H3,(H,34,35)/t28-/m0/s1. The summed E-state index contributed by atoms with van der Waals surface area (Å²) in [7, 11) is 0. The minimum atomic E-state index is -0.924. The molecule has 0 aliphatic heterocycles. The highest BCUT2D eigenvalue weighted by Crippen LogP contribution is 2.41. The molecule has 1 saturated carbocycles. The maximum atomic E-state index is 10.8. The van der Waals surface area contributed by atoms with E-state index in [-0.39, 0.29) is 24.9 Å². The largest absolute Gasteiger partial charge is 0.491 e. The van der Waals surface area contributed by atoms with Crippen LogP contribution >= 0.6 is 0 Å². The second-order valence-corrected chi connectivity index (χ2v) is 10.5. The van der Waals surface area contributed by atoms with Crippen molar-refractivity contribution in [2.45, 2.75) is 103 Å². The molecule has 3 N–H and O–H groups in total. The van der Waals surface area contributed by atoms with Crippen LogP contribution < -0.4 is 4.74 Å². The highest BCUT2D eigenvalue weighted by atomic mass is 16.5. The maximum absolute atomic E-state index is 10.8. The van der Waals surface area contributed by atoms with Crippen molar-refractivity contribution in [1.29, 1.82) is 0 Å². The molecule has 5 heteroatoms. The Morgan fingerprint density at radius 3 is 2.22 bits per heavy atom. The number of aliphatic carboxylic acids is 1. The summed E-state index contributed by atoms with van der Waals surface area (Å²) in [5.74, 6) is 6.20. The maximum Gasteiger partial charge on any atom is 0.303 e. The minimum absolute atomic E-state index is 0.0665. The summed E-state index contributed by atoms with van der Waals surface area (Å²) in [5, 5.41) is 29.6. The van der Waals surface area contributed by atoms with Gasteiger partial charge in [-0.3, -0.25) is 4.79 Å². The summed E-state index contributed by atoms with van der Waals surface area (Å²) in [5.41, 5.74) is 4.50. The fourth-order valence-electron chi connectivity index (χ4n) is 5.45. The van der Waals surface area contributed by atoms with E-state index in [2.05, 4.69) is 62.9 Å². The summed E-state index contributed by atoms with van der Waals surface area (Å²) in [4.78, 5) is 10.7. The van der Waals surface area contributed by atoms with Gasteiger partial charge in [-0.1, -0.05) is 56.4 Å². The van der Waals surface area contributed by atoms with Crippen molar-refractivity contribution in [3.8, 4) is 17.6 Å². The van der Waals surface area contributed by atoms with E-state index in [0.717, 1.165) is 55.2 Å². The van der Waals surface area contributed by atoms with Gasteiger partial charge in [-0.25, -0.2) is 0 Å². The molecule has 200 valence electrons. The third-order valence-electron chi connectivity index (χ3n) is 7.95. The number of hydrogen-bond acceptors (Lipinski definition) is 4. The zero-order chi connectivity index (χ0) is 27.1. The molecular formula is C32H42O5. The third kappa shape index (κ3) is 7.15. The average Bonchev–Trinajstić information content (AvgIpc) is 2.88.